The van der Waals surface area contributed by atoms with Crippen molar-refractivity contribution in [2.45, 2.75) is 26.2 Å². The molecule has 1 aliphatic rings. The third-order valence-corrected chi connectivity index (χ3v) is 4.51. The summed E-state index contributed by atoms with van der Waals surface area (Å²) in [4.78, 5) is 12.7. The highest BCUT2D eigenvalue weighted by Gasteiger charge is 2.40. The molecule has 0 aromatic heterocycles. The number of rotatable bonds is 2. The predicted molar refractivity (Wildman–Crippen MR) is 89.5 cm³/mol. The van der Waals surface area contributed by atoms with Gasteiger partial charge in [-0.1, -0.05) is 50.2 Å². The van der Waals surface area contributed by atoms with Crippen LogP contribution in [0.4, 0.5) is 0 Å². The fourth-order valence-electron chi connectivity index (χ4n) is 3.14. The Bertz CT molecular complexity index is 782. The monoisotopic (exact) mass is 292 g/mol. The molecular formula is C20H20O2. The number of fused-ring (bicyclic) bond motifs is 1. The lowest BCUT2D eigenvalue weighted by atomic mass is 9.82. The maximum Gasteiger partial charge on any atom is 0.190 e. The van der Waals surface area contributed by atoms with Crippen molar-refractivity contribution in [3.05, 3.63) is 70.3 Å². The van der Waals surface area contributed by atoms with Gasteiger partial charge < -0.3 is 4.74 Å². The third kappa shape index (κ3) is 2.16. The highest BCUT2D eigenvalue weighted by atomic mass is 16.5. The van der Waals surface area contributed by atoms with E-state index >= 15 is 0 Å². The molecule has 0 spiro atoms. The van der Waals surface area contributed by atoms with E-state index in [0.717, 1.165) is 33.6 Å². The molecule has 0 aliphatic heterocycles. The van der Waals surface area contributed by atoms with E-state index in [4.69, 9.17) is 4.74 Å². The fraction of sp³-hybridized carbons (Fsp3) is 0.250. The van der Waals surface area contributed by atoms with Gasteiger partial charge in [0.05, 0.1) is 7.11 Å². The number of hydrogen-bond acceptors (Lipinski definition) is 2. The average molecular weight is 292 g/mol. The van der Waals surface area contributed by atoms with Gasteiger partial charge in [0.2, 0.25) is 0 Å². The molecule has 0 fully saturated rings. The van der Waals surface area contributed by atoms with Crippen LogP contribution in [0.3, 0.4) is 0 Å². The van der Waals surface area contributed by atoms with Crippen molar-refractivity contribution in [3.63, 3.8) is 0 Å². The largest absolute Gasteiger partial charge is 0.496 e. The molecule has 0 atom stereocenters. The van der Waals surface area contributed by atoms with Crippen molar-refractivity contribution in [3.8, 4) is 5.75 Å². The quantitative estimate of drug-likeness (QED) is 0.758. The molecule has 0 N–H and O–H groups in total. The standard InChI is InChI=1S/C20H20O2/c1-13-9-10-14(12-18(13)22-4)11-17-19(21)15-7-5-6-8-16(15)20(17,2)3/h5-12H,1-4H3/b17-11+. The maximum absolute atomic E-state index is 12.7. The van der Waals surface area contributed by atoms with Crippen molar-refractivity contribution in [1.29, 1.82) is 0 Å². The molecule has 0 saturated heterocycles. The third-order valence-electron chi connectivity index (χ3n) is 4.51. The van der Waals surface area contributed by atoms with Crippen LogP contribution in [0, 0.1) is 6.92 Å². The zero-order valence-electron chi connectivity index (χ0n) is 13.4. The zero-order chi connectivity index (χ0) is 15.9. The van der Waals surface area contributed by atoms with Crippen LogP contribution in [0.5, 0.6) is 5.75 Å². The van der Waals surface area contributed by atoms with Crippen LogP contribution in [0.1, 0.15) is 40.9 Å². The van der Waals surface area contributed by atoms with Crippen LogP contribution < -0.4 is 4.74 Å². The van der Waals surface area contributed by atoms with Crippen molar-refractivity contribution >= 4 is 11.9 Å². The van der Waals surface area contributed by atoms with E-state index in [0.29, 0.717) is 0 Å². The molecule has 0 heterocycles. The second-order valence-corrected chi connectivity index (χ2v) is 6.29. The number of Topliss-reactive ketones (excluding diaryl/α,β-unsaturated/α-hetero) is 1. The van der Waals surface area contributed by atoms with Crippen LogP contribution >= 0.6 is 0 Å². The number of carbonyl (C=O) groups excluding carboxylic acids is 1. The van der Waals surface area contributed by atoms with Gasteiger partial charge in [-0.05, 0) is 35.8 Å². The van der Waals surface area contributed by atoms with E-state index in [9.17, 15) is 4.79 Å². The Morgan fingerprint density at radius 2 is 1.82 bits per heavy atom. The molecule has 0 bridgehead atoms. The summed E-state index contributed by atoms with van der Waals surface area (Å²) in [5.74, 6) is 0.968. The summed E-state index contributed by atoms with van der Waals surface area (Å²) in [5.41, 5.74) is 4.56. The number of benzene rings is 2. The molecule has 112 valence electrons. The van der Waals surface area contributed by atoms with Gasteiger partial charge in [-0.2, -0.15) is 0 Å². The van der Waals surface area contributed by atoms with Crippen LogP contribution in [0.15, 0.2) is 48.0 Å². The summed E-state index contributed by atoms with van der Waals surface area (Å²) in [7, 11) is 1.67. The van der Waals surface area contributed by atoms with Crippen molar-refractivity contribution in [1.82, 2.24) is 0 Å². The minimum Gasteiger partial charge on any atom is -0.496 e. The molecule has 2 heteroatoms. The number of ketones is 1. The first kappa shape index (κ1) is 14.6. The SMILES string of the molecule is COc1cc(/C=C2\C(=O)c3ccccc3C2(C)C)ccc1C. The fourth-order valence-corrected chi connectivity index (χ4v) is 3.14. The normalized spacial score (nSPS) is 17.6. The lowest BCUT2D eigenvalue weighted by molar-refractivity contribution is 0.103. The Balaban J connectivity index is 2.11. The second kappa shape index (κ2) is 5.13. The lowest BCUT2D eigenvalue weighted by Crippen LogP contribution is -2.16. The van der Waals surface area contributed by atoms with Crippen LogP contribution in [-0.4, -0.2) is 12.9 Å². The zero-order valence-corrected chi connectivity index (χ0v) is 13.4. The van der Waals surface area contributed by atoms with Crippen LogP contribution in [0.2, 0.25) is 0 Å². The van der Waals surface area contributed by atoms with E-state index in [1.165, 1.54) is 0 Å². The van der Waals surface area contributed by atoms with Gasteiger partial charge in [0.15, 0.2) is 5.78 Å². The number of hydrogen-bond donors (Lipinski definition) is 0. The average Bonchev–Trinajstić information content (AvgIpc) is 2.70. The van der Waals surface area contributed by atoms with Gasteiger partial charge in [0, 0.05) is 16.6 Å². The first-order valence-corrected chi connectivity index (χ1v) is 7.46. The van der Waals surface area contributed by atoms with Gasteiger partial charge in [-0.25, -0.2) is 0 Å². The van der Waals surface area contributed by atoms with Crippen molar-refractivity contribution < 1.29 is 9.53 Å². The minimum atomic E-state index is -0.272. The summed E-state index contributed by atoms with van der Waals surface area (Å²) in [6.07, 6.45) is 1.99. The Kier molecular flexibility index (Phi) is 3.40. The maximum atomic E-state index is 12.7. The molecular weight excluding hydrogens is 272 g/mol. The molecule has 22 heavy (non-hydrogen) atoms. The topological polar surface area (TPSA) is 26.3 Å². The van der Waals surface area contributed by atoms with E-state index in [1.807, 2.05) is 55.5 Å². The smallest absolute Gasteiger partial charge is 0.190 e. The molecule has 3 rings (SSSR count). The molecule has 2 aromatic carbocycles. The Hall–Kier alpha value is -2.35. The lowest BCUT2D eigenvalue weighted by Gasteiger charge is -2.20. The molecule has 0 amide bonds. The molecule has 1 aliphatic carbocycles. The van der Waals surface area contributed by atoms with Gasteiger partial charge in [0.25, 0.3) is 0 Å². The Morgan fingerprint density at radius 1 is 1.09 bits per heavy atom. The number of carbonyl (C=O) groups is 1. The Labute approximate surface area is 131 Å². The van der Waals surface area contributed by atoms with E-state index < -0.39 is 0 Å². The summed E-state index contributed by atoms with van der Waals surface area (Å²) in [5, 5.41) is 0. The van der Waals surface area contributed by atoms with Crippen molar-refractivity contribution in [2.24, 2.45) is 0 Å². The summed E-state index contributed by atoms with van der Waals surface area (Å²) in [6.45, 7) is 6.22. The van der Waals surface area contributed by atoms with Gasteiger partial charge in [-0.15, -0.1) is 0 Å². The molecule has 0 radical (unpaired) electrons. The van der Waals surface area contributed by atoms with Gasteiger partial charge in [0.1, 0.15) is 5.75 Å². The summed E-state index contributed by atoms with van der Waals surface area (Å²) >= 11 is 0. The van der Waals surface area contributed by atoms with E-state index in [-0.39, 0.29) is 11.2 Å². The number of ether oxygens (including phenoxy) is 1. The van der Waals surface area contributed by atoms with Crippen molar-refractivity contribution in [2.75, 3.05) is 7.11 Å². The highest BCUT2D eigenvalue weighted by Crippen LogP contribution is 2.43. The van der Waals surface area contributed by atoms with E-state index in [2.05, 4.69) is 13.8 Å². The number of methoxy groups -OCH3 is 1. The first-order chi connectivity index (χ1) is 10.4. The Morgan fingerprint density at radius 3 is 2.50 bits per heavy atom. The summed E-state index contributed by atoms with van der Waals surface area (Å²) in [6, 6.07) is 13.9. The molecule has 2 nitrogen and oxygen atoms in total. The van der Waals surface area contributed by atoms with E-state index in [1.54, 1.807) is 7.11 Å². The van der Waals surface area contributed by atoms with Gasteiger partial charge >= 0.3 is 0 Å². The second-order valence-electron chi connectivity index (χ2n) is 6.29. The molecule has 0 unspecified atom stereocenters. The molecule has 0 saturated carbocycles. The highest BCUT2D eigenvalue weighted by molar-refractivity contribution is 6.17. The summed E-state index contributed by atoms with van der Waals surface area (Å²) < 4.78 is 5.38. The van der Waals surface area contributed by atoms with Gasteiger partial charge in [-0.3, -0.25) is 4.79 Å². The number of aryl methyl sites for hydroxylation is 1. The van der Waals surface area contributed by atoms with Crippen LogP contribution in [-0.2, 0) is 5.41 Å². The molecule has 2 aromatic rings. The predicted octanol–water partition coefficient (Wildman–Crippen LogP) is 4.56. The first-order valence-electron chi connectivity index (χ1n) is 7.46. The number of allylic oxidation sites excluding steroid dienone is 1. The van der Waals surface area contributed by atoms with Crippen LogP contribution in [0.25, 0.3) is 6.08 Å². The minimum absolute atomic E-state index is 0.125.